The van der Waals surface area contributed by atoms with Gasteiger partial charge < -0.3 is 37.9 Å². The summed E-state index contributed by atoms with van der Waals surface area (Å²) >= 11 is 3.23. The lowest BCUT2D eigenvalue weighted by Gasteiger charge is -2.30. The Morgan fingerprint density at radius 1 is 0.281 bits per heavy atom. The maximum absolute atomic E-state index is 12.0. The summed E-state index contributed by atoms with van der Waals surface area (Å²) < 4.78 is 206. The summed E-state index contributed by atoms with van der Waals surface area (Å²) in [6, 6.07) is 13.7. The van der Waals surface area contributed by atoms with E-state index in [9.17, 15) is 51.9 Å². The molecule has 4 aromatic carbocycles. The molecule has 0 saturated carbocycles. The van der Waals surface area contributed by atoms with Crippen LogP contribution in [0.3, 0.4) is 0 Å². The zero-order chi connectivity index (χ0) is 70.3. The van der Waals surface area contributed by atoms with Crippen molar-refractivity contribution in [1.82, 2.24) is 0 Å². The van der Waals surface area contributed by atoms with Crippen LogP contribution in [0.2, 0.25) is 0 Å². The van der Waals surface area contributed by atoms with E-state index in [0.717, 1.165) is 48.2 Å². The first-order valence-electron chi connectivity index (χ1n) is 29.6. The van der Waals surface area contributed by atoms with E-state index in [1.54, 1.807) is 38.1 Å². The highest BCUT2D eigenvalue weighted by Gasteiger charge is 2.33. The van der Waals surface area contributed by atoms with Crippen molar-refractivity contribution >= 4 is 88.6 Å². The SMILES string of the molecule is CC1c2cc(c(OCCCSOOO)cc2OCCCSOOO)C(C)c2cc(c(OCCCS(=O)(=O)O)cc2OCCCSOOO)C(C)c2cc(c(OCCCS(=O)(=O)O)cc2OCCCS(=O)(=O)O)C(C)c2cc1c(OCCCSOOO)cc2OCCCS(=O)(=O)O. The highest BCUT2D eigenvalue weighted by atomic mass is 32.2. The van der Waals surface area contributed by atoms with Crippen molar-refractivity contribution in [3.63, 3.8) is 0 Å². The van der Waals surface area contributed by atoms with Gasteiger partial charge in [-0.05, 0) is 75.6 Å². The third kappa shape index (κ3) is 29.2. The van der Waals surface area contributed by atoms with Gasteiger partial charge in [0.15, 0.2) is 0 Å². The Labute approximate surface area is 574 Å². The number of rotatable bonds is 48. The number of hydrogen-bond donors (Lipinski definition) is 8. The maximum atomic E-state index is 12.0. The topological polar surface area (TPSA) is 446 Å². The quantitative estimate of drug-likeness (QED) is 0.00669. The molecular formula is C56H80O32S8. The minimum Gasteiger partial charge on any atom is -0.493 e. The fourth-order valence-electron chi connectivity index (χ4n) is 9.88. The van der Waals surface area contributed by atoms with E-state index in [4.69, 9.17) is 58.9 Å². The van der Waals surface area contributed by atoms with Gasteiger partial charge in [-0.25, -0.2) is 21.0 Å². The van der Waals surface area contributed by atoms with Gasteiger partial charge in [0.05, 0.1) is 75.9 Å². The van der Waals surface area contributed by atoms with Crippen LogP contribution in [-0.2, 0) is 78.0 Å². The predicted octanol–water partition coefficient (Wildman–Crippen LogP) is 10.6. The molecule has 96 heavy (non-hydrogen) atoms. The van der Waals surface area contributed by atoms with Crippen LogP contribution in [0.5, 0.6) is 46.0 Å². The second-order valence-electron chi connectivity index (χ2n) is 21.2. The fraction of sp³-hybridized carbons (Fsp3) is 0.571. The van der Waals surface area contributed by atoms with E-state index in [0.29, 0.717) is 93.2 Å². The molecule has 40 heteroatoms. The Balaban J connectivity index is 2.00. The van der Waals surface area contributed by atoms with Crippen molar-refractivity contribution in [3.8, 4) is 46.0 Å². The lowest BCUT2D eigenvalue weighted by atomic mass is 9.80. The van der Waals surface area contributed by atoms with Crippen molar-refractivity contribution in [2.24, 2.45) is 0 Å². The first-order valence-corrected chi connectivity index (χ1v) is 39.7. The molecule has 8 bridgehead atoms. The molecule has 4 aromatic rings. The van der Waals surface area contributed by atoms with Crippen LogP contribution in [0.15, 0.2) is 48.5 Å². The van der Waals surface area contributed by atoms with Crippen molar-refractivity contribution in [2.45, 2.75) is 103 Å². The molecule has 0 radical (unpaired) electrons. The van der Waals surface area contributed by atoms with Crippen molar-refractivity contribution in [1.29, 1.82) is 0 Å². The number of fused-ring (bicyclic) bond motifs is 8. The third-order valence-corrected chi connectivity index (χ3v) is 20.0. The van der Waals surface area contributed by atoms with Crippen LogP contribution in [-0.4, -0.2) is 172 Å². The van der Waals surface area contributed by atoms with Gasteiger partial charge in [-0.15, -0.1) is 17.3 Å². The highest BCUT2D eigenvalue weighted by molar-refractivity contribution is 7.95. The summed E-state index contributed by atoms with van der Waals surface area (Å²) in [4.78, 5) is 0. The molecule has 0 aliphatic heterocycles. The molecule has 0 spiro atoms. The zero-order valence-electron chi connectivity index (χ0n) is 52.5. The Kier molecular flexibility index (Phi) is 36.3. The van der Waals surface area contributed by atoms with Gasteiger partial charge in [0.2, 0.25) is 0 Å². The molecule has 5 rings (SSSR count). The van der Waals surface area contributed by atoms with E-state index < -0.39 is 87.2 Å². The molecule has 4 unspecified atom stereocenters. The van der Waals surface area contributed by atoms with Gasteiger partial charge in [-0.1, -0.05) is 47.8 Å². The van der Waals surface area contributed by atoms with Gasteiger partial charge in [-0.3, -0.25) is 18.2 Å². The Hall–Kier alpha value is -4.16. The Morgan fingerprint density at radius 3 is 0.583 bits per heavy atom. The molecule has 0 fully saturated rings. The second kappa shape index (κ2) is 42.2. The molecule has 4 atom stereocenters. The highest BCUT2D eigenvalue weighted by Crippen LogP contribution is 2.51. The third-order valence-electron chi connectivity index (χ3n) is 14.4. The van der Waals surface area contributed by atoms with E-state index in [1.165, 1.54) is 6.07 Å². The van der Waals surface area contributed by atoms with Crippen molar-refractivity contribution < 1.29 is 148 Å². The van der Waals surface area contributed by atoms with Crippen LogP contribution >= 0.6 is 48.2 Å². The smallest absolute Gasteiger partial charge is 0.264 e. The van der Waals surface area contributed by atoms with Gasteiger partial charge in [-0.2, -0.15) is 33.7 Å². The van der Waals surface area contributed by atoms with Gasteiger partial charge in [0.25, 0.3) is 40.5 Å². The minimum absolute atomic E-state index is 0.0306. The van der Waals surface area contributed by atoms with E-state index in [-0.39, 0.29) is 125 Å². The molecule has 32 nitrogen and oxygen atoms in total. The summed E-state index contributed by atoms with van der Waals surface area (Å²) in [7, 11) is -17.9. The van der Waals surface area contributed by atoms with Crippen LogP contribution in [0.4, 0.5) is 0 Å². The first kappa shape index (κ1) is 82.5. The lowest BCUT2D eigenvalue weighted by Crippen LogP contribution is -2.16. The summed E-state index contributed by atoms with van der Waals surface area (Å²) in [5.74, 6) is -3.22. The number of ether oxygens (including phenoxy) is 8. The average Bonchev–Trinajstić information content (AvgIpc) is 0.760. The maximum Gasteiger partial charge on any atom is 0.264 e. The van der Waals surface area contributed by atoms with Gasteiger partial charge >= 0.3 is 0 Å². The first-order chi connectivity index (χ1) is 45.7. The van der Waals surface area contributed by atoms with Crippen LogP contribution in [0, 0.1) is 0 Å². The lowest BCUT2D eigenvalue weighted by molar-refractivity contribution is -0.432. The molecule has 0 saturated heterocycles. The molecule has 0 amide bonds. The molecule has 544 valence electrons. The summed E-state index contributed by atoms with van der Waals surface area (Å²) in [6.07, 6.45) is 0.545. The summed E-state index contributed by atoms with van der Waals surface area (Å²) in [5.41, 5.74) is 3.73. The molecule has 0 heterocycles. The van der Waals surface area contributed by atoms with Crippen molar-refractivity contribution in [3.05, 3.63) is 93.0 Å². The monoisotopic (exact) mass is 1520 g/mol. The van der Waals surface area contributed by atoms with Crippen LogP contribution in [0.25, 0.3) is 0 Å². The van der Waals surface area contributed by atoms with Crippen LogP contribution < -0.4 is 37.9 Å². The summed E-state index contributed by atoms with van der Waals surface area (Å²) in [5, 5.41) is 50.4. The van der Waals surface area contributed by atoms with E-state index in [1.807, 2.05) is 32.0 Å². The Morgan fingerprint density at radius 2 is 0.438 bits per heavy atom. The van der Waals surface area contributed by atoms with Crippen molar-refractivity contribution in [2.75, 3.05) is 98.9 Å². The normalized spacial score (nSPS) is 15.9. The van der Waals surface area contributed by atoms with Crippen LogP contribution in [0.1, 0.15) is 147 Å². The molecule has 8 N–H and O–H groups in total. The average molecular weight is 1520 g/mol. The predicted molar refractivity (Wildman–Crippen MR) is 351 cm³/mol. The summed E-state index contributed by atoms with van der Waals surface area (Å²) in [6.45, 7) is 6.41. The largest absolute Gasteiger partial charge is 0.493 e. The molecule has 1 aliphatic carbocycles. The second-order valence-corrected chi connectivity index (χ2v) is 30.6. The fourth-order valence-corrected chi connectivity index (χ4v) is 13.2. The van der Waals surface area contributed by atoms with Gasteiger partial charge in [0, 0.05) is 164 Å². The van der Waals surface area contributed by atoms with E-state index >= 15 is 0 Å². The Bertz CT molecular complexity index is 3280. The molecule has 1 aliphatic rings. The van der Waals surface area contributed by atoms with Gasteiger partial charge in [0.1, 0.15) is 46.0 Å². The number of benzene rings is 4. The van der Waals surface area contributed by atoms with E-state index in [2.05, 4.69) is 37.5 Å². The molecular weight excluding hydrogens is 1440 g/mol. The number of hydrogen-bond acceptors (Lipinski definition) is 32. The standard InChI is InChI=1S/C56H80O32S8/c1-37-41-29-42(50(74-14-6-22-90-86-82-58)33-49(41)73-13-5-21-89-85-81-57)38(2)44-31-46(54(78-18-10-26-94(64,65)66)35-52(44)76-16-8-24-92-88-84-60)40(4)48-32-47(55(79-19-11-27-95(67,68)69)36-56(48)80-20-12-28-96(70,71)72)39(3)45-30-43(37)51(75-15-7-23-91-87-83-59)34-53(45)77-17-9-25-93(61,62)63/h29-40,57-60H,5-28H2,1-4H3,(H,61,62,63)(H,64,65,66)(H,67,68,69)(H,70,71,72). The minimum atomic E-state index is -4.48. The molecule has 0 aromatic heterocycles. The zero-order valence-corrected chi connectivity index (χ0v) is 59.1.